The van der Waals surface area contributed by atoms with Gasteiger partial charge in [0.05, 0.1) is 0 Å². The maximum absolute atomic E-state index is 12.5. The number of halogens is 4. The van der Waals surface area contributed by atoms with Crippen LogP contribution in [0.1, 0.15) is 11.6 Å². The SMILES string of the molecule is O=CN[C@@H](c1ccc(Br)cc1)C(F)(F)F. The molecule has 0 aliphatic rings. The molecule has 0 saturated heterocycles. The van der Waals surface area contributed by atoms with Crippen LogP contribution in [0.3, 0.4) is 0 Å². The standard InChI is InChI=1S/C9H7BrF3NO/c10-7-3-1-6(2-4-7)8(14-5-15)9(11,12)13/h1-5,8H,(H,14,15)/t8-/m0/s1. The highest BCUT2D eigenvalue weighted by Crippen LogP contribution is 2.32. The molecule has 0 saturated carbocycles. The average molecular weight is 282 g/mol. The minimum atomic E-state index is -4.49. The molecular formula is C9H7BrF3NO. The van der Waals surface area contributed by atoms with Crippen molar-refractivity contribution in [3.63, 3.8) is 0 Å². The molecule has 1 aromatic carbocycles. The minimum Gasteiger partial charge on any atom is -0.343 e. The molecule has 2 nitrogen and oxygen atoms in total. The lowest BCUT2D eigenvalue weighted by molar-refractivity contribution is -0.160. The van der Waals surface area contributed by atoms with Crippen LogP contribution in [-0.2, 0) is 4.79 Å². The van der Waals surface area contributed by atoms with E-state index in [0.29, 0.717) is 4.47 Å². The molecule has 0 aromatic heterocycles. The number of carbonyl (C=O) groups is 1. The molecule has 0 radical (unpaired) electrons. The van der Waals surface area contributed by atoms with Crippen LogP contribution in [0, 0.1) is 0 Å². The second-order valence-corrected chi connectivity index (χ2v) is 3.73. The third kappa shape index (κ3) is 3.23. The Kier molecular flexibility index (Phi) is 3.73. The summed E-state index contributed by atoms with van der Waals surface area (Å²) in [6, 6.07) is 3.63. The van der Waals surface area contributed by atoms with Crippen molar-refractivity contribution >= 4 is 22.3 Å². The molecule has 15 heavy (non-hydrogen) atoms. The van der Waals surface area contributed by atoms with Crippen LogP contribution in [0.15, 0.2) is 28.7 Å². The van der Waals surface area contributed by atoms with Gasteiger partial charge in [0.2, 0.25) is 6.41 Å². The number of alkyl halides is 3. The molecule has 1 atom stereocenters. The first-order chi connectivity index (χ1) is 6.95. The lowest BCUT2D eigenvalue weighted by Crippen LogP contribution is -2.33. The van der Waals surface area contributed by atoms with E-state index in [1.54, 1.807) is 5.32 Å². The summed E-state index contributed by atoms with van der Waals surface area (Å²) < 4.78 is 38.1. The fourth-order valence-corrected chi connectivity index (χ4v) is 1.37. The van der Waals surface area contributed by atoms with E-state index >= 15 is 0 Å². The fraction of sp³-hybridized carbons (Fsp3) is 0.222. The monoisotopic (exact) mass is 281 g/mol. The lowest BCUT2D eigenvalue weighted by Gasteiger charge is -2.19. The summed E-state index contributed by atoms with van der Waals surface area (Å²) in [5.41, 5.74) is -0.00204. The third-order valence-electron chi connectivity index (χ3n) is 1.77. The van der Waals surface area contributed by atoms with Crippen molar-refractivity contribution in [1.82, 2.24) is 5.32 Å². The molecular weight excluding hydrogens is 275 g/mol. The molecule has 82 valence electrons. The van der Waals surface area contributed by atoms with Crippen molar-refractivity contribution in [2.45, 2.75) is 12.2 Å². The molecule has 0 aliphatic carbocycles. The molecule has 0 spiro atoms. The van der Waals surface area contributed by atoms with E-state index in [4.69, 9.17) is 0 Å². The van der Waals surface area contributed by atoms with Gasteiger partial charge in [0, 0.05) is 4.47 Å². The van der Waals surface area contributed by atoms with Gasteiger partial charge in [-0.3, -0.25) is 4.79 Å². The fourth-order valence-electron chi connectivity index (χ4n) is 1.10. The molecule has 1 rings (SSSR count). The Morgan fingerprint density at radius 3 is 2.20 bits per heavy atom. The highest BCUT2D eigenvalue weighted by atomic mass is 79.9. The zero-order valence-corrected chi connectivity index (χ0v) is 8.97. The molecule has 6 heteroatoms. The first-order valence-corrected chi connectivity index (χ1v) is 4.76. The zero-order valence-electron chi connectivity index (χ0n) is 7.38. The van der Waals surface area contributed by atoms with Gasteiger partial charge in [-0.15, -0.1) is 0 Å². The molecule has 0 aliphatic heterocycles. The second-order valence-electron chi connectivity index (χ2n) is 2.81. The Morgan fingerprint density at radius 2 is 1.80 bits per heavy atom. The van der Waals surface area contributed by atoms with Crippen LogP contribution >= 0.6 is 15.9 Å². The van der Waals surface area contributed by atoms with Crippen molar-refractivity contribution in [1.29, 1.82) is 0 Å². The van der Waals surface area contributed by atoms with E-state index in [1.165, 1.54) is 24.3 Å². The number of nitrogens with one attached hydrogen (secondary N) is 1. The summed E-state index contributed by atoms with van der Waals surface area (Å²) in [4.78, 5) is 10.1. The number of carbonyl (C=O) groups excluding carboxylic acids is 1. The normalized spacial score (nSPS) is 13.3. The molecule has 1 amide bonds. The lowest BCUT2D eigenvalue weighted by atomic mass is 10.1. The van der Waals surface area contributed by atoms with E-state index in [1.807, 2.05) is 0 Å². The predicted molar refractivity (Wildman–Crippen MR) is 52.1 cm³/mol. The van der Waals surface area contributed by atoms with E-state index < -0.39 is 12.2 Å². The Morgan fingerprint density at radius 1 is 1.27 bits per heavy atom. The number of hydrogen-bond acceptors (Lipinski definition) is 1. The highest BCUT2D eigenvalue weighted by Gasteiger charge is 2.40. The molecule has 1 aromatic rings. The smallest absolute Gasteiger partial charge is 0.343 e. The largest absolute Gasteiger partial charge is 0.412 e. The zero-order chi connectivity index (χ0) is 11.5. The van der Waals surface area contributed by atoms with Crippen molar-refractivity contribution in [3.8, 4) is 0 Å². The van der Waals surface area contributed by atoms with E-state index in [2.05, 4.69) is 15.9 Å². The average Bonchev–Trinajstić information content (AvgIpc) is 2.14. The summed E-state index contributed by atoms with van der Waals surface area (Å²) >= 11 is 3.11. The van der Waals surface area contributed by atoms with Gasteiger partial charge in [0.15, 0.2) is 6.04 Å². The number of hydrogen-bond donors (Lipinski definition) is 1. The molecule has 0 unspecified atom stereocenters. The van der Waals surface area contributed by atoms with E-state index in [9.17, 15) is 18.0 Å². The summed E-state index contributed by atoms with van der Waals surface area (Å²) in [5, 5.41) is 1.74. The van der Waals surface area contributed by atoms with Gasteiger partial charge in [-0.2, -0.15) is 13.2 Å². The summed E-state index contributed by atoms with van der Waals surface area (Å²) in [7, 11) is 0. The van der Waals surface area contributed by atoms with Crippen molar-refractivity contribution in [3.05, 3.63) is 34.3 Å². The van der Waals surface area contributed by atoms with Crippen LogP contribution in [0.25, 0.3) is 0 Å². The van der Waals surface area contributed by atoms with E-state index in [0.717, 1.165) is 0 Å². The molecule has 1 N–H and O–H groups in total. The van der Waals surface area contributed by atoms with Gasteiger partial charge in [0.1, 0.15) is 0 Å². The predicted octanol–water partition coefficient (Wildman–Crippen LogP) is 2.80. The first-order valence-electron chi connectivity index (χ1n) is 3.97. The van der Waals surface area contributed by atoms with Crippen LogP contribution in [0.2, 0.25) is 0 Å². The highest BCUT2D eigenvalue weighted by molar-refractivity contribution is 9.10. The first kappa shape index (κ1) is 12.0. The quantitative estimate of drug-likeness (QED) is 0.849. The van der Waals surface area contributed by atoms with E-state index in [-0.39, 0.29) is 12.0 Å². The van der Waals surface area contributed by atoms with Gasteiger partial charge in [-0.25, -0.2) is 0 Å². The Bertz CT molecular complexity index is 336. The minimum absolute atomic E-state index is 0.00204. The van der Waals surface area contributed by atoms with Gasteiger partial charge in [-0.1, -0.05) is 28.1 Å². The van der Waals surface area contributed by atoms with Crippen molar-refractivity contribution < 1.29 is 18.0 Å². The van der Waals surface area contributed by atoms with Crippen LogP contribution < -0.4 is 5.32 Å². The van der Waals surface area contributed by atoms with Crippen LogP contribution in [-0.4, -0.2) is 12.6 Å². The molecule has 0 fully saturated rings. The van der Waals surface area contributed by atoms with Gasteiger partial charge >= 0.3 is 6.18 Å². The number of rotatable bonds is 3. The van der Waals surface area contributed by atoms with Crippen LogP contribution in [0.4, 0.5) is 13.2 Å². The number of amides is 1. The Hall–Kier alpha value is -1.04. The molecule has 0 heterocycles. The Balaban J connectivity index is 2.99. The maximum Gasteiger partial charge on any atom is 0.412 e. The van der Waals surface area contributed by atoms with Gasteiger partial charge < -0.3 is 5.32 Å². The van der Waals surface area contributed by atoms with Crippen molar-refractivity contribution in [2.24, 2.45) is 0 Å². The Labute approximate surface area is 92.6 Å². The second kappa shape index (κ2) is 4.65. The van der Waals surface area contributed by atoms with Gasteiger partial charge in [-0.05, 0) is 17.7 Å². The molecule has 0 bridgehead atoms. The summed E-state index contributed by atoms with van der Waals surface area (Å²) in [5.74, 6) is 0. The van der Waals surface area contributed by atoms with Crippen molar-refractivity contribution in [2.75, 3.05) is 0 Å². The summed E-state index contributed by atoms with van der Waals surface area (Å²) in [6.07, 6.45) is -4.45. The number of benzene rings is 1. The topological polar surface area (TPSA) is 29.1 Å². The van der Waals surface area contributed by atoms with Crippen LogP contribution in [0.5, 0.6) is 0 Å². The third-order valence-corrected chi connectivity index (χ3v) is 2.29. The summed E-state index contributed by atoms with van der Waals surface area (Å²) in [6.45, 7) is 0. The van der Waals surface area contributed by atoms with Gasteiger partial charge in [0.25, 0.3) is 0 Å². The maximum atomic E-state index is 12.5.